The van der Waals surface area contributed by atoms with Crippen molar-refractivity contribution >= 4 is 12.1 Å². The lowest BCUT2D eigenvalue weighted by molar-refractivity contribution is -0.139. The highest BCUT2D eigenvalue weighted by Gasteiger charge is 2.05. The fraction of sp³-hybridized carbons (Fsp3) is 0.625. The maximum Gasteiger partial charge on any atom is 0.506 e. The number of allylic oxidation sites excluding steroid dienone is 2. The Morgan fingerprint density at radius 3 is 2.27 bits per heavy atom. The first-order valence-electron chi connectivity index (χ1n) is 7.49. The molecule has 0 aromatic rings. The molecule has 0 aliphatic heterocycles. The third-order valence-corrected chi connectivity index (χ3v) is 3.11. The molecule has 0 saturated heterocycles. The van der Waals surface area contributed by atoms with E-state index in [0.717, 1.165) is 26.1 Å². The second-order valence-corrected chi connectivity index (χ2v) is 4.93. The molecule has 0 aliphatic carbocycles. The van der Waals surface area contributed by atoms with Crippen molar-refractivity contribution in [1.29, 1.82) is 0 Å². The number of nitrogens with zero attached hydrogens (tertiary/aromatic N) is 1. The Morgan fingerprint density at radius 1 is 1.09 bits per heavy atom. The van der Waals surface area contributed by atoms with Crippen LogP contribution in [0.2, 0.25) is 0 Å². The molecule has 0 fully saturated rings. The zero-order chi connectivity index (χ0) is 17.0. The van der Waals surface area contributed by atoms with Crippen LogP contribution in [-0.4, -0.2) is 55.0 Å². The van der Waals surface area contributed by atoms with Crippen LogP contribution in [0.15, 0.2) is 23.3 Å². The first kappa shape index (κ1) is 20.2. The van der Waals surface area contributed by atoms with Crippen LogP contribution >= 0.6 is 0 Å². The smallest absolute Gasteiger partial charge is 0.462 e. The molecule has 126 valence electrons. The van der Waals surface area contributed by atoms with Crippen molar-refractivity contribution in [3.8, 4) is 0 Å². The van der Waals surface area contributed by atoms with E-state index in [2.05, 4.69) is 23.5 Å². The van der Waals surface area contributed by atoms with Gasteiger partial charge < -0.3 is 19.5 Å². The number of hydrogen-bond donors (Lipinski definition) is 1. The topological polar surface area (TPSA) is 76.1 Å². The van der Waals surface area contributed by atoms with Crippen LogP contribution in [0.25, 0.3) is 0 Å². The van der Waals surface area contributed by atoms with Gasteiger partial charge in [0.05, 0.1) is 6.61 Å². The Hall–Kier alpha value is -1.82. The van der Waals surface area contributed by atoms with Gasteiger partial charge in [-0.3, -0.25) is 0 Å². The molecule has 0 rings (SSSR count). The summed E-state index contributed by atoms with van der Waals surface area (Å²) < 4.78 is 9.60. The second-order valence-electron chi connectivity index (χ2n) is 4.93. The van der Waals surface area contributed by atoms with Crippen LogP contribution in [0.4, 0.5) is 4.79 Å². The molecule has 0 unspecified atom stereocenters. The summed E-state index contributed by atoms with van der Waals surface area (Å²) in [4.78, 5) is 24.3. The summed E-state index contributed by atoms with van der Waals surface area (Å²) in [7, 11) is 0. The monoisotopic (exact) mass is 313 g/mol. The van der Waals surface area contributed by atoms with Crippen molar-refractivity contribution in [2.24, 2.45) is 0 Å². The lowest BCUT2D eigenvalue weighted by Gasteiger charge is -2.17. The van der Waals surface area contributed by atoms with E-state index in [0.29, 0.717) is 17.8 Å². The highest BCUT2D eigenvalue weighted by molar-refractivity contribution is 5.88. The first-order chi connectivity index (χ1) is 10.4. The molecule has 0 aromatic heterocycles. The highest BCUT2D eigenvalue weighted by Crippen LogP contribution is 2.02. The number of rotatable bonds is 10. The van der Waals surface area contributed by atoms with Crippen molar-refractivity contribution in [2.45, 2.75) is 34.1 Å². The van der Waals surface area contributed by atoms with E-state index in [1.165, 1.54) is 0 Å². The van der Waals surface area contributed by atoms with Gasteiger partial charge in [-0.1, -0.05) is 26.0 Å². The van der Waals surface area contributed by atoms with Gasteiger partial charge in [0, 0.05) is 12.1 Å². The Labute approximate surface area is 132 Å². The number of esters is 1. The summed E-state index contributed by atoms with van der Waals surface area (Å²) in [5.74, 6) is -0.359. The predicted octanol–water partition coefficient (Wildman–Crippen LogP) is 2.85. The van der Waals surface area contributed by atoms with E-state index in [4.69, 9.17) is 9.84 Å². The number of carboxylic acid groups (broad SMARTS) is 1. The lowest BCUT2D eigenvalue weighted by atomic mass is 10.2. The van der Waals surface area contributed by atoms with Gasteiger partial charge in [0.15, 0.2) is 0 Å². The normalized spacial score (nSPS) is 12.4. The first-order valence-corrected chi connectivity index (χ1v) is 7.49. The van der Waals surface area contributed by atoms with Gasteiger partial charge in [-0.2, -0.15) is 0 Å². The third kappa shape index (κ3) is 9.99. The molecule has 22 heavy (non-hydrogen) atoms. The minimum absolute atomic E-state index is 0.0158. The molecule has 0 amide bonds. The SMILES string of the molecule is CCN(CC)CCCOC(=O)/C(C)=C/C=C(\C)COC(=O)O. The van der Waals surface area contributed by atoms with Crippen LogP contribution < -0.4 is 0 Å². The molecule has 6 nitrogen and oxygen atoms in total. The van der Waals surface area contributed by atoms with Crippen molar-refractivity contribution < 1.29 is 24.2 Å². The van der Waals surface area contributed by atoms with Crippen molar-refractivity contribution in [3.63, 3.8) is 0 Å². The van der Waals surface area contributed by atoms with Crippen molar-refractivity contribution in [1.82, 2.24) is 4.90 Å². The third-order valence-electron chi connectivity index (χ3n) is 3.11. The maximum atomic E-state index is 11.7. The van der Waals surface area contributed by atoms with Crippen LogP contribution in [0.1, 0.15) is 34.1 Å². The van der Waals surface area contributed by atoms with Gasteiger partial charge in [-0.25, -0.2) is 9.59 Å². The molecule has 0 radical (unpaired) electrons. The largest absolute Gasteiger partial charge is 0.506 e. The van der Waals surface area contributed by atoms with E-state index in [-0.39, 0.29) is 12.6 Å². The number of carbonyl (C=O) groups is 2. The maximum absolute atomic E-state index is 11.7. The fourth-order valence-corrected chi connectivity index (χ4v) is 1.67. The molecule has 0 bridgehead atoms. The minimum Gasteiger partial charge on any atom is -0.462 e. The van der Waals surface area contributed by atoms with Crippen LogP contribution in [0.3, 0.4) is 0 Å². The van der Waals surface area contributed by atoms with Crippen LogP contribution in [0, 0.1) is 0 Å². The molecular formula is C16H27NO5. The fourth-order valence-electron chi connectivity index (χ4n) is 1.67. The van der Waals surface area contributed by atoms with E-state index in [9.17, 15) is 9.59 Å². The second kappa shape index (κ2) is 11.8. The summed E-state index contributed by atoms with van der Waals surface area (Å²) >= 11 is 0. The van der Waals surface area contributed by atoms with E-state index >= 15 is 0 Å². The van der Waals surface area contributed by atoms with Gasteiger partial charge in [0.2, 0.25) is 0 Å². The molecular weight excluding hydrogens is 286 g/mol. The molecule has 0 spiro atoms. The van der Waals surface area contributed by atoms with Gasteiger partial charge in [-0.05, 0) is 38.9 Å². The van der Waals surface area contributed by atoms with E-state index in [1.807, 2.05) is 0 Å². The average Bonchev–Trinajstić information content (AvgIpc) is 2.50. The zero-order valence-electron chi connectivity index (χ0n) is 13.9. The summed E-state index contributed by atoms with van der Waals surface area (Å²) in [6.45, 7) is 10.9. The Kier molecular flexibility index (Phi) is 10.8. The predicted molar refractivity (Wildman–Crippen MR) is 84.9 cm³/mol. The molecule has 0 heterocycles. The Bertz CT molecular complexity index is 411. The quantitative estimate of drug-likeness (QED) is 0.289. The van der Waals surface area contributed by atoms with Gasteiger partial charge >= 0.3 is 12.1 Å². The van der Waals surface area contributed by atoms with Gasteiger partial charge in [-0.15, -0.1) is 0 Å². The molecule has 0 atom stereocenters. The molecule has 6 heteroatoms. The molecule has 0 aromatic carbocycles. The van der Waals surface area contributed by atoms with Crippen LogP contribution in [0.5, 0.6) is 0 Å². The molecule has 0 aliphatic rings. The number of carbonyl (C=O) groups excluding carboxylic acids is 1. The average molecular weight is 313 g/mol. The summed E-state index contributed by atoms with van der Waals surface area (Å²) in [5.41, 5.74) is 1.17. The van der Waals surface area contributed by atoms with Crippen LogP contribution in [-0.2, 0) is 14.3 Å². The zero-order valence-corrected chi connectivity index (χ0v) is 13.9. The Balaban J connectivity index is 4.11. The minimum atomic E-state index is -1.32. The van der Waals surface area contributed by atoms with E-state index < -0.39 is 6.16 Å². The number of hydrogen-bond acceptors (Lipinski definition) is 5. The summed E-state index contributed by atoms with van der Waals surface area (Å²) in [6.07, 6.45) is 2.74. The van der Waals surface area contributed by atoms with Gasteiger partial charge in [0.1, 0.15) is 6.61 Å². The Morgan fingerprint density at radius 2 is 1.73 bits per heavy atom. The highest BCUT2D eigenvalue weighted by atomic mass is 16.7. The molecule has 0 saturated carbocycles. The molecule has 1 N–H and O–H groups in total. The van der Waals surface area contributed by atoms with Gasteiger partial charge in [0.25, 0.3) is 0 Å². The van der Waals surface area contributed by atoms with Crippen molar-refractivity contribution in [2.75, 3.05) is 32.8 Å². The summed E-state index contributed by atoms with van der Waals surface area (Å²) in [6, 6.07) is 0. The lowest BCUT2D eigenvalue weighted by Crippen LogP contribution is -2.25. The van der Waals surface area contributed by atoms with E-state index in [1.54, 1.807) is 26.0 Å². The van der Waals surface area contributed by atoms with Crippen molar-refractivity contribution in [3.05, 3.63) is 23.3 Å². The standard InChI is InChI=1S/C16H27NO5/c1-5-17(6-2)10-7-11-21-15(18)14(4)9-8-13(3)12-22-16(19)20/h8-9H,5-7,10-12H2,1-4H3,(H,19,20)/b13-8+,14-9+. The number of ether oxygens (including phenoxy) is 2. The summed E-state index contributed by atoms with van der Waals surface area (Å²) in [5, 5.41) is 8.38.